The van der Waals surface area contributed by atoms with Crippen LogP contribution in [0.3, 0.4) is 0 Å². The molecule has 1 aromatic heterocycles. The number of nitrogens with one attached hydrogen (secondary N) is 1. The molecule has 3 aromatic rings. The third-order valence-corrected chi connectivity index (χ3v) is 6.58. The highest BCUT2D eigenvalue weighted by Gasteiger charge is 2.15. The predicted octanol–water partition coefficient (Wildman–Crippen LogP) is 6.49. The van der Waals surface area contributed by atoms with Crippen LogP contribution in [0.25, 0.3) is 11.3 Å². The van der Waals surface area contributed by atoms with Gasteiger partial charge in [0.2, 0.25) is 0 Å². The first-order valence-corrected chi connectivity index (χ1v) is 13.0. The highest BCUT2D eigenvalue weighted by molar-refractivity contribution is 6.31. The maximum Gasteiger partial charge on any atom is 0.303 e. The van der Waals surface area contributed by atoms with Gasteiger partial charge in [-0.15, -0.1) is 5.10 Å². The Morgan fingerprint density at radius 3 is 2.72 bits per heavy atom. The van der Waals surface area contributed by atoms with Crippen LogP contribution in [0.2, 0.25) is 5.02 Å². The number of nitrogens with zero attached hydrogens (tertiary/aromatic N) is 4. The zero-order valence-electron chi connectivity index (χ0n) is 21.5. The molecule has 0 saturated carbocycles. The van der Waals surface area contributed by atoms with Gasteiger partial charge in [0.25, 0.3) is 0 Å². The van der Waals surface area contributed by atoms with E-state index in [0.29, 0.717) is 60.0 Å². The summed E-state index contributed by atoms with van der Waals surface area (Å²) in [5.41, 5.74) is 3.32. The second-order valence-electron chi connectivity index (χ2n) is 9.26. The van der Waals surface area contributed by atoms with Gasteiger partial charge in [-0.3, -0.25) is 14.6 Å². The average Bonchev–Trinajstić information content (AvgIpc) is 3.37. The van der Waals surface area contributed by atoms with Crippen molar-refractivity contribution in [3.05, 3.63) is 88.9 Å². The Kier molecular flexibility index (Phi) is 9.38. The summed E-state index contributed by atoms with van der Waals surface area (Å²) in [6.07, 6.45) is 8.37. The maximum atomic E-state index is 13.5. The number of hydrogen-bond acceptors (Lipinski definition) is 5. The Morgan fingerprint density at radius 1 is 1.21 bits per heavy atom. The number of carboxylic acid groups (broad SMARTS) is 1. The lowest BCUT2D eigenvalue weighted by atomic mass is 10.0. The molecule has 0 bridgehead atoms. The van der Waals surface area contributed by atoms with Crippen molar-refractivity contribution in [3.8, 4) is 11.3 Å². The maximum absolute atomic E-state index is 13.5. The van der Waals surface area contributed by atoms with Gasteiger partial charge in [0.15, 0.2) is 5.78 Å². The summed E-state index contributed by atoms with van der Waals surface area (Å²) >= 11 is 6.28. The molecule has 1 unspecified atom stereocenters. The van der Waals surface area contributed by atoms with Gasteiger partial charge in [0.1, 0.15) is 17.4 Å². The lowest BCUT2D eigenvalue weighted by Gasteiger charge is -2.17. The van der Waals surface area contributed by atoms with Crippen molar-refractivity contribution in [3.63, 3.8) is 0 Å². The van der Waals surface area contributed by atoms with E-state index in [1.807, 2.05) is 42.6 Å². The van der Waals surface area contributed by atoms with Crippen LogP contribution in [-0.4, -0.2) is 43.7 Å². The molecule has 0 saturated heterocycles. The van der Waals surface area contributed by atoms with Crippen molar-refractivity contribution in [2.24, 2.45) is 4.99 Å². The Labute approximate surface area is 230 Å². The van der Waals surface area contributed by atoms with Crippen molar-refractivity contribution in [2.75, 3.05) is 5.32 Å². The molecule has 2 aromatic carbocycles. The third-order valence-electron chi connectivity index (χ3n) is 6.21. The number of rotatable bonds is 11. The average molecular weight is 550 g/mol. The monoisotopic (exact) mass is 549 g/mol. The van der Waals surface area contributed by atoms with Crippen LogP contribution in [0.5, 0.6) is 0 Å². The van der Waals surface area contributed by atoms with E-state index < -0.39 is 5.97 Å². The summed E-state index contributed by atoms with van der Waals surface area (Å²) in [4.78, 5) is 28.1. The number of aliphatic imine (C=N–C) groups is 1. The van der Waals surface area contributed by atoms with Crippen LogP contribution in [0.1, 0.15) is 54.9 Å². The van der Waals surface area contributed by atoms with Crippen molar-refractivity contribution >= 4 is 34.9 Å². The molecule has 0 fully saturated rings. The van der Waals surface area contributed by atoms with Gasteiger partial charge in [0, 0.05) is 29.0 Å². The van der Waals surface area contributed by atoms with Crippen molar-refractivity contribution < 1.29 is 19.1 Å². The van der Waals surface area contributed by atoms with Gasteiger partial charge in [-0.25, -0.2) is 9.07 Å². The summed E-state index contributed by atoms with van der Waals surface area (Å²) in [6.45, 7) is 1.95. The number of unbranched alkanes of at least 4 members (excludes halogenated alkanes) is 1. The van der Waals surface area contributed by atoms with E-state index in [0.717, 1.165) is 11.1 Å². The Balaban J connectivity index is 1.59. The fraction of sp³-hybridized carbons (Fsp3) is 0.276. The number of benzene rings is 2. The number of amidine groups is 1. The minimum absolute atomic E-state index is 0.0581. The highest BCUT2D eigenvalue weighted by atomic mass is 35.5. The lowest BCUT2D eigenvalue weighted by Crippen LogP contribution is -2.18. The predicted molar refractivity (Wildman–Crippen MR) is 150 cm³/mol. The minimum Gasteiger partial charge on any atom is -0.481 e. The number of hydrogen-bond donors (Lipinski definition) is 2. The smallest absolute Gasteiger partial charge is 0.303 e. The molecule has 39 heavy (non-hydrogen) atoms. The molecule has 2 N–H and O–H groups in total. The van der Waals surface area contributed by atoms with E-state index in [1.54, 1.807) is 16.8 Å². The second-order valence-corrected chi connectivity index (χ2v) is 9.67. The topological polar surface area (TPSA) is 109 Å². The first-order valence-electron chi connectivity index (χ1n) is 12.7. The quantitative estimate of drug-likeness (QED) is 0.122. The minimum atomic E-state index is -0.855. The summed E-state index contributed by atoms with van der Waals surface area (Å²) in [5.74, 6) is -0.690. The van der Waals surface area contributed by atoms with Crippen LogP contribution in [-0.2, 0) is 11.3 Å². The number of carbonyl (C=O) groups is 2. The van der Waals surface area contributed by atoms with E-state index in [-0.39, 0.29) is 24.1 Å². The molecule has 202 valence electrons. The van der Waals surface area contributed by atoms with Gasteiger partial charge >= 0.3 is 5.97 Å². The Hall–Kier alpha value is -4.11. The first kappa shape index (κ1) is 27.9. The van der Waals surface area contributed by atoms with E-state index in [9.17, 15) is 14.0 Å². The van der Waals surface area contributed by atoms with E-state index in [1.165, 1.54) is 19.1 Å². The fourth-order valence-corrected chi connectivity index (χ4v) is 4.38. The van der Waals surface area contributed by atoms with Crippen LogP contribution in [0, 0.1) is 0 Å². The Bertz CT molecular complexity index is 1450. The number of ketones is 1. The van der Waals surface area contributed by atoms with Crippen molar-refractivity contribution in [1.82, 2.24) is 15.0 Å². The van der Waals surface area contributed by atoms with Crippen molar-refractivity contribution in [1.29, 1.82) is 0 Å². The number of carbonyl (C=O) groups excluding carboxylic acids is 1. The van der Waals surface area contributed by atoms with Crippen LogP contribution >= 0.6 is 11.6 Å². The van der Waals surface area contributed by atoms with Crippen LogP contribution in [0.15, 0.2) is 77.7 Å². The van der Waals surface area contributed by atoms with Crippen LogP contribution < -0.4 is 5.32 Å². The first-order chi connectivity index (χ1) is 18.8. The third kappa shape index (κ3) is 7.94. The normalized spacial score (nSPS) is 15.2. The molecule has 4 rings (SSSR count). The molecule has 0 radical (unpaired) electrons. The zero-order chi connectivity index (χ0) is 27.8. The standard InChI is InChI=1S/C29H29ClFN5O3/c1-19(37)24-15-10-20(27-18-36(35-34-27)17-21-6-2-3-7-25(21)30)16-26(24)33-28(8-4-5-9-29(38)39)32-23-13-11-22(31)12-14-23/h2-3,6-7,10-13,15-16,18,23H,4-5,8-9,14,17H2,1H3,(H,32,33)(H,38,39). The van der Waals surface area contributed by atoms with Gasteiger partial charge in [-0.05, 0) is 62.1 Å². The van der Waals surface area contributed by atoms with Gasteiger partial charge in [-0.1, -0.05) is 47.2 Å². The fourth-order valence-electron chi connectivity index (χ4n) is 4.19. The molecule has 1 aliphatic carbocycles. The largest absolute Gasteiger partial charge is 0.481 e. The SMILES string of the molecule is CC(=O)c1ccc(-c2cn(Cc3ccccc3Cl)nn2)cc1NC(CCCCC(=O)O)=NC1C=CC(F)=CC1. The van der Waals surface area contributed by atoms with Crippen LogP contribution in [0.4, 0.5) is 10.1 Å². The van der Waals surface area contributed by atoms with Gasteiger partial charge in [0.05, 0.1) is 24.5 Å². The lowest BCUT2D eigenvalue weighted by molar-refractivity contribution is -0.137. The molecule has 1 aliphatic rings. The number of Topliss-reactive ketones (excluding diaryl/α,β-unsaturated/α-hetero) is 1. The number of allylic oxidation sites excluding steroid dienone is 2. The van der Waals surface area contributed by atoms with E-state index in [4.69, 9.17) is 21.7 Å². The zero-order valence-corrected chi connectivity index (χ0v) is 22.2. The molecule has 0 aliphatic heterocycles. The summed E-state index contributed by atoms with van der Waals surface area (Å²) in [7, 11) is 0. The second kappa shape index (κ2) is 13.1. The number of anilines is 1. The number of carboxylic acids is 1. The molecular formula is C29H29ClFN5O3. The Morgan fingerprint density at radius 2 is 2.00 bits per heavy atom. The van der Waals surface area contributed by atoms with Gasteiger partial charge in [-0.2, -0.15) is 0 Å². The highest BCUT2D eigenvalue weighted by Crippen LogP contribution is 2.26. The summed E-state index contributed by atoms with van der Waals surface area (Å²) in [5, 5.41) is 21.5. The summed E-state index contributed by atoms with van der Waals surface area (Å²) < 4.78 is 15.1. The van der Waals surface area contributed by atoms with E-state index >= 15 is 0 Å². The number of halogens is 2. The molecule has 10 heteroatoms. The molecule has 1 heterocycles. The molecule has 8 nitrogen and oxygen atoms in total. The van der Waals surface area contributed by atoms with Crippen molar-refractivity contribution in [2.45, 2.75) is 51.6 Å². The number of aromatic nitrogens is 3. The van der Waals surface area contributed by atoms with Gasteiger partial charge < -0.3 is 10.4 Å². The molecule has 0 spiro atoms. The molecule has 0 amide bonds. The van der Waals surface area contributed by atoms with E-state index in [2.05, 4.69) is 15.6 Å². The molecular weight excluding hydrogens is 521 g/mol. The number of aliphatic carboxylic acids is 1. The summed E-state index contributed by atoms with van der Waals surface area (Å²) in [6, 6.07) is 12.6. The molecule has 1 atom stereocenters.